The number of benzene rings is 2. The molecule has 1 atom stereocenters. The van der Waals surface area contributed by atoms with Crippen LogP contribution >= 0.6 is 0 Å². The second kappa shape index (κ2) is 9.50. The van der Waals surface area contributed by atoms with Crippen molar-refractivity contribution in [2.24, 2.45) is 5.92 Å². The van der Waals surface area contributed by atoms with Crippen LogP contribution in [0.25, 0.3) is 0 Å². The smallest absolute Gasteiger partial charge is 0.244 e. The van der Waals surface area contributed by atoms with Crippen molar-refractivity contribution in [3.05, 3.63) is 59.2 Å². The Hall–Kier alpha value is -2.89. The summed E-state index contributed by atoms with van der Waals surface area (Å²) in [5.74, 6) is 0.358. The molecular weight excluding hydrogens is 414 g/mol. The maximum atomic E-state index is 13.0. The van der Waals surface area contributed by atoms with E-state index in [1.54, 1.807) is 19.2 Å². The van der Waals surface area contributed by atoms with Gasteiger partial charge in [-0.15, -0.1) is 0 Å². The fourth-order valence-corrected chi connectivity index (χ4v) is 5.49. The van der Waals surface area contributed by atoms with Crippen molar-refractivity contribution in [1.82, 2.24) is 9.62 Å². The highest BCUT2D eigenvalue weighted by Crippen LogP contribution is 2.29. The highest BCUT2D eigenvalue weighted by molar-refractivity contribution is 7.89. The summed E-state index contributed by atoms with van der Waals surface area (Å²) in [5.41, 5.74) is 2.11. The van der Waals surface area contributed by atoms with Gasteiger partial charge in [-0.1, -0.05) is 29.8 Å². The second-order valence-electron chi connectivity index (χ2n) is 7.76. The molecule has 1 saturated heterocycles. The molecule has 8 heteroatoms. The number of hydrogen-bond acceptors (Lipinski definition) is 5. The van der Waals surface area contributed by atoms with Crippen LogP contribution in [0.15, 0.2) is 47.4 Å². The quantitative estimate of drug-likeness (QED) is 0.742. The molecule has 1 unspecified atom stereocenters. The monoisotopic (exact) mass is 441 g/mol. The average molecular weight is 442 g/mol. The van der Waals surface area contributed by atoms with Crippen molar-refractivity contribution in [3.63, 3.8) is 0 Å². The zero-order valence-corrected chi connectivity index (χ0v) is 18.8. The second-order valence-corrected chi connectivity index (χ2v) is 9.67. The third kappa shape index (κ3) is 4.89. The molecule has 0 saturated carbocycles. The fourth-order valence-electron chi connectivity index (χ4n) is 3.88. The number of hydrogen-bond donors (Lipinski definition) is 1. The molecule has 1 heterocycles. The molecule has 31 heavy (non-hydrogen) atoms. The molecule has 0 radical (unpaired) electrons. The summed E-state index contributed by atoms with van der Waals surface area (Å²) < 4.78 is 32.7. The Balaban J connectivity index is 1.65. The highest BCUT2D eigenvalue weighted by atomic mass is 32.2. The minimum absolute atomic E-state index is 0.0144. The average Bonchev–Trinajstić information content (AvgIpc) is 2.79. The number of aryl methyl sites for hydroxylation is 1. The number of carbonyl (C=O) groups excluding carboxylic acids is 1. The first-order chi connectivity index (χ1) is 14.8. The predicted molar refractivity (Wildman–Crippen MR) is 117 cm³/mol. The van der Waals surface area contributed by atoms with Gasteiger partial charge in [0.05, 0.1) is 23.6 Å². The number of ether oxygens (including phenoxy) is 1. The predicted octanol–water partition coefficient (Wildman–Crippen LogP) is 3.15. The number of nitrogens with zero attached hydrogens (tertiary/aromatic N) is 2. The first-order valence-corrected chi connectivity index (χ1v) is 11.7. The van der Waals surface area contributed by atoms with E-state index in [9.17, 15) is 18.5 Å². The van der Waals surface area contributed by atoms with Crippen molar-refractivity contribution < 1.29 is 17.9 Å². The zero-order valence-electron chi connectivity index (χ0n) is 18.0. The number of amides is 1. The van der Waals surface area contributed by atoms with Gasteiger partial charge in [0.2, 0.25) is 15.9 Å². The van der Waals surface area contributed by atoms with Gasteiger partial charge in [-0.25, -0.2) is 8.42 Å². The van der Waals surface area contributed by atoms with Gasteiger partial charge in [0.25, 0.3) is 0 Å². The molecule has 1 aliphatic heterocycles. The van der Waals surface area contributed by atoms with Crippen LogP contribution in [0, 0.1) is 24.2 Å². The molecule has 2 aromatic carbocycles. The van der Waals surface area contributed by atoms with E-state index < -0.39 is 10.0 Å². The largest absolute Gasteiger partial charge is 0.496 e. The zero-order chi connectivity index (χ0) is 22.6. The van der Waals surface area contributed by atoms with E-state index in [1.165, 1.54) is 16.4 Å². The Morgan fingerprint density at radius 1 is 1.23 bits per heavy atom. The fraction of sp³-hybridized carbons (Fsp3) is 0.391. The van der Waals surface area contributed by atoms with E-state index in [4.69, 9.17) is 4.74 Å². The molecule has 7 nitrogen and oxygen atoms in total. The summed E-state index contributed by atoms with van der Waals surface area (Å²) in [4.78, 5) is 12.8. The van der Waals surface area contributed by atoms with Crippen LogP contribution in [-0.4, -0.2) is 38.8 Å². The standard InChI is InChI=1S/C23H27N3O4S/c1-16-8-9-21(30-3)20(14-16)17(2)25-23(27)18-10-12-26(13-11-18)31(28,29)22-7-5-4-6-19(22)15-24/h4-9,14,17-18H,10-13H2,1-3H3,(H,25,27). The number of piperidine rings is 1. The van der Waals surface area contributed by atoms with Crippen LogP contribution in [0.1, 0.15) is 42.5 Å². The van der Waals surface area contributed by atoms with Gasteiger partial charge < -0.3 is 10.1 Å². The third-order valence-corrected chi connectivity index (χ3v) is 7.62. The SMILES string of the molecule is COc1ccc(C)cc1C(C)NC(=O)C1CCN(S(=O)(=O)c2ccccc2C#N)CC1. The molecule has 1 amide bonds. The van der Waals surface area contributed by atoms with Gasteiger partial charge in [0, 0.05) is 24.6 Å². The van der Waals surface area contributed by atoms with E-state index in [0.717, 1.165) is 16.9 Å². The summed E-state index contributed by atoms with van der Waals surface area (Å²) in [5, 5.41) is 12.3. The molecule has 0 spiro atoms. The van der Waals surface area contributed by atoms with Crippen LogP contribution in [0.2, 0.25) is 0 Å². The molecule has 1 N–H and O–H groups in total. The molecule has 1 fully saturated rings. The normalized spacial score (nSPS) is 16.3. The van der Waals surface area contributed by atoms with E-state index in [-0.39, 0.29) is 41.4 Å². The van der Waals surface area contributed by atoms with Gasteiger partial charge in [-0.2, -0.15) is 9.57 Å². The first-order valence-electron chi connectivity index (χ1n) is 10.2. The van der Waals surface area contributed by atoms with Crippen molar-refractivity contribution in [1.29, 1.82) is 5.26 Å². The number of sulfonamides is 1. The molecule has 0 aliphatic carbocycles. The number of carbonyl (C=O) groups is 1. The van der Waals surface area contributed by atoms with E-state index >= 15 is 0 Å². The van der Waals surface area contributed by atoms with Crippen molar-refractivity contribution in [2.45, 2.75) is 37.6 Å². The molecule has 2 aromatic rings. The van der Waals surface area contributed by atoms with Crippen molar-refractivity contribution in [2.75, 3.05) is 20.2 Å². The molecule has 1 aliphatic rings. The maximum Gasteiger partial charge on any atom is 0.244 e. The lowest BCUT2D eigenvalue weighted by Crippen LogP contribution is -2.43. The lowest BCUT2D eigenvalue weighted by Gasteiger charge is -2.31. The van der Waals surface area contributed by atoms with Gasteiger partial charge in [-0.3, -0.25) is 4.79 Å². The number of rotatable bonds is 6. The molecule has 0 bridgehead atoms. The molecular formula is C23H27N3O4S. The Morgan fingerprint density at radius 2 is 1.90 bits per heavy atom. The van der Waals surface area contributed by atoms with Crippen LogP contribution in [-0.2, 0) is 14.8 Å². The van der Waals surface area contributed by atoms with Crippen LogP contribution in [0.3, 0.4) is 0 Å². The summed E-state index contributed by atoms with van der Waals surface area (Å²) >= 11 is 0. The lowest BCUT2D eigenvalue weighted by molar-refractivity contribution is -0.126. The topological polar surface area (TPSA) is 99.5 Å². The van der Waals surface area contributed by atoms with Gasteiger partial charge in [0.1, 0.15) is 11.8 Å². The summed E-state index contributed by atoms with van der Waals surface area (Å²) in [7, 11) is -2.17. The Kier molecular flexibility index (Phi) is 6.98. The molecule has 164 valence electrons. The Morgan fingerprint density at radius 3 is 2.55 bits per heavy atom. The van der Waals surface area contributed by atoms with Crippen LogP contribution < -0.4 is 10.1 Å². The van der Waals surface area contributed by atoms with Crippen LogP contribution in [0.5, 0.6) is 5.75 Å². The number of nitrogens with one attached hydrogen (secondary N) is 1. The van der Waals surface area contributed by atoms with E-state index in [0.29, 0.717) is 12.8 Å². The molecule has 3 rings (SSSR count). The highest BCUT2D eigenvalue weighted by Gasteiger charge is 2.33. The minimum Gasteiger partial charge on any atom is -0.496 e. The summed E-state index contributed by atoms with van der Waals surface area (Å²) in [6.07, 6.45) is 0.856. The summed E-state index contributed by atoms with van der Waals surface area (Å²) in [6, 6.07) is 13.7. The maximum absolute atomic E-state index is 13.0. The van der Waals surface area contributed by atoms with E-state index in [1.807, 2.05) is 38.1 Å². The number of methoxy groups -OCH3 is 1. The van der Waals surface area contributed by atoms with E-state index in [2.05, 4.69) is 5.32 Å². The van der Waals surface area contributed by atoms with Crippen LogP contribution in [0.4, 0.5) is 0 Å². The minimum atomic E-state index is -3.77. The van der Waals surface area contributed by atoms with Crippen molar-refractivity contribution >= 4 is 15.9 Å². The van der Waals surface area contributed by atoms with Gasteiger partial charge >= 0.3 is 0 Å². The Labute approximate surface area is 183 Å². The molecule has 0 aromatic heterocycles. The Bertz CT molecular complexity index is 1100. The number of nitriles is 1. The summed E-state index contributed by atoms with van der Waals surface area (Å²) in [6.45, 7) is 4.37. The lowest BCUT2D eigenvalue weighted by atomic mass is 9.96. The van der Waals surface area contributed by atoms with Crippen molar-refractivity contribution in [3.8, 4) is 11.8 Å². The van der Waals surface area contributed by atoms with Gasteiger partial charge in [-0.05, 0) is 44.9 Å². The first kappa shape index (κ1) is 22.8. The third-order valence-electron chi connectivity index (χ3n) is 5.66. The van der Waals surface area contributed by atoms with Gasteiger partial charge in [0.15, 0.2) is 0 Å².